The Labute approximate surface area is 149 Å². The number of para-hydroxylation sites is 1. The van der Waals surface area contributed by atoms with Gasteiger partial charge in [-0.1, -0.05) is 29.8 Å². The van der Waals surface area contributed by atoms with Crippen molar-refractivity contribution in [1.82, 2.24) is 4.57 Å². The molecule has 1 unspecified atom stereocenters. The van der Waals surface area contributed by atoms with Gasteiger partial charge in [-0.25, -0.2) is 0 Å². The number of nitrogens with zero attached hydrogens (tertiary/aromatic N) is 1. The Bertz CT molecular complexity index is 988. The van der Waals surface area contributed by atoms with Crippen LogP contribution in [-0.2, 0) is 11.2 Å². The summed E-state index contributed by atoms with van der Waals surface area (Å²) < 4.78 is 1.68. The second-order valence-corrected chi connectivity index (χ2v) is 6.74. The summed E-state index contributed by atoms with van der Waals surface area (Å²) in [6.45, 7) is 0. The van der Waals surface area contributed by atoms with Gasteiger partial charge in [0.05, 0.1) is 11.4 Å². The van der Waals surface area contributed by atoms with Gasteiger partial charge >= 0.3 is 5.97 Å². The van der Waals surface area contributed by atoms with E-state index in [4.69, 9.17) is 11.6 Å². The van der Waals surface area contributed by atoms with Gasteiger partial charge in [0.25, 0.3) is 5.91 Å². The molecule has 4 rings (SSSR count). The van der Waals surface area contributed by atoms with Gasteiger partial charge in [-0.05, 0) is 55.2 Å². The number of hydrogen-bond donors (Lipinski definition) is 1. The number of halogens is 1. The molecule has 1 aromatic heterocycles. The monoisotopic (exact) mass is 353 g/mol. The van der Waals surface area contributed by atoms with E-state index in [2.05, 4.69) is 0 Å². The molecule has 0 aliphatic heterocycles. The van der Waals surface area contributed by atoms with Gasteiger partial charge in [-0.15, -0.1) is 0 Å². The van der Waals surface area contributed by atoms with E-state index in [-0.39, 0.29) is 5.91 Å². The quantitative estimate of drug-likeness (QED) is 0.738. The smallest absolute Gasteiger partial charge is 0.311 e. The first-order chi connectivity index (χ1) is 12.1. The minimum Gasteiger partial charge on any atom is -0.481 e. The lowest BCUT2D eigenvalue weighted by Gasteiger charge is -2.21. The van der Waals surface area contributed by atoms with Gasteiger partial charge in [0.2, 0.25) is 0 Å². The van der Waals surface area contributed by atoms with E-state index in [9.17, 15) is 14.7 Å². The minimum atomic E-state index is -0.831. The maximum Gasteiger partial charge on any atom is 0.311 e. The van der Waals surface area contributed by atoms with Gasteiger partial charge in [0.1, 0.15) is 0 Å². The topological polar surface area (TPSA) is 59.3 Å². The van der Waals surface area contributed by atoms with Crippen LogP contribution in [0.5, 0.6) is 0 Å². The molecule has 5 heteroatoms. The fraction of sp³-hybridized carbons (Fsp3) is 0.200. The van der Waals surface area contributed by atoms with Gasteiger partial charge < -0.3 is 5.11 Å². The van der Waals surface area contributed by atoms with Crippen LogP contribution >= 0.6 is 11.6 Å². The van der Waals surface area contributed by atoms with Crippen LogP contribution in [0.4, 0.5) is 0 Å². The lowest BCUT2D eigenvalue weighted by atomic mass is 9.85. The Morgan fingerprint density at radius 3 is 2.52 bits per heavy atom. The van der Waals surface area contributed by atoms with Crippen LogP contribution in [0.3, 0.4) is 0 Å². The summed E-state index contributed by atoms with van der Waals surface area (Å²) in [5.41, 5.74) is 2.91. The Morgan fingerprint density at radius 2 is 1.80 bits per heavy atom. The van der Waals surface area contributed by atoms with E-state index < -0.39 is 11.9 Å². The zero-order chi connectivity index (χ0) is 17.6. The van der Waals surface area contributed by atoms with Crippen molar-refractivity contribution >= 4 is 34.4 Å². The van der Waals surface area contributed by atoms with Crippen molar-refractivity contribution in [2.75, 3.05) is 0 Å². The van der Waals surface area contributed by atoms with Crippen LogP contribution in [-0.4, -0.2) is 21.6 Å². The molecule has 25 heavy (non-hydrogen) atoms. The third kappa shape index (κ3) is 2.53. The molecule has 1 heterocycles. The Balaban J connectivity index is 1.97. The summed E-state index contributed by atoms with van der Waals surface area (Å²) in [7, 11) is 0. The molecule has 126 valence electrons. The first-order valence-corrected chi connectivity index (χ1v) is 8.61. The van der Waals surface area contributed by atoms with Gasteiger partial charge in [0, 0.05) is 21.7 Å². The number of carbonyl (C=O) groups is 2. The molecule has 1 aliphatic carbocycles. The normalized spacial score (nSPS) is 16.6. The molecule has 1 atom stereocenters. The number of hydrogen-bond acceptors (Lipinski definition) is 2. The number of fused-ring (bicyclic) bond motifs is 3. The molecule has 0 spiro atoms. The summed E-state index contributed by atoms with van der Waals surface area (Å²) in [4.78, 5) is 24.9. The average molecular weight is 354 g/mol. The van der Waals surface area contributed by atoms with Crippen molar-refractivity contribution < 1.29 is 14.7 Å². The van der Waals surface area contributed by atoms with E-state index in [1.807, 2.05) is 24.3 Å². The highest BCUT2D eigenvalue weighted by Crippen LogP contribution is 2.39. The summed E-state index contributed by atoms with van der Waals surface area (Å²) in [6.07, 6.45) is 2.06. The fourth-order valence-corrected chi connectivity index (χ4v) is 3.90. The molecule has 0 saturated heterocycles. The number of rotatable bonds is 2. The summed E-state index contributed by atoms with van der Waals surface area (Å²) >= 11 is 5.92. The average Bonchev–Trinajstić information content (AvgIpc) is 2.96. The van der Waals surface area contributed by atoms with Gasteiger partial charge in [0.15, 0.2) is 0 Å². The van der Waals surface area contributed by atoms with Crippen LogP contribution in [0.1, 0.15) is 40.4 Å². The van der Waals surface area contributed by atoms with Crippen molar-refractivity contribution in [3.63, 3.8) is 0 Å². The first-order valence-electron chi connectivity index (χ1n) is 8.23. The van der Waals surface area contributed by atoms with Crippen LogP contribution in [0, 0.1) is 0 Å². The standard InChI is InChI=1S/C20H16ClNO3/c21-13-10-8-12(9-11-13)19(23)22-16-6-2-1-4-14(16)18-15(20(24)25)5-3-7-17(18)22/h1-2,4,6,8-11,15H,3,5,7H2,(H,24,25). The highest BCUT2D eigenvalue weighted by molar-refractivity contribution is 6.30. The molecular weight excluding hydrogens is 338 g/mol. The summed E-state index contributed by atoms with van der Waals surface area (Å²) in [6, 6.07) is 14.3. The number of carboxylic acid groups (broad SMARTS) is 1. The van der Waals surface area contributed by atoms with Crippen molar-refractivity contribution in [3.8, 4) is 0 Å². The van der Waals surface area contributed by atoms with E-state index in [1.165, 1.54) is 0 Å². The molecule has 1 aliphatic rings. The summed E-state index contributed by atoms with van der Waals surface area (Å²) in [5, 5.41) is 11.1. The first kappa shape index (κ1) is 15.9. The van der Waals surface area contributed by atoms with E-state index in [0.717, 1.165) is 28.6 Å². The van der Waals surface area contributed by atoms with Crippen molar-refractivity contribution in [1.29, 1.82) is 0 Å². The highest BCUT2D eigenvalue weighted by Gasteiger charge is 2.33. The fourth-order valence-electron chi connectivity index (χ4n) is 3.77. The number of aliphatic carboxylic acids is 1. The van der Waals surface area contributed by atoms with Gasteiger partial charge in [-0.2, -0.15) is 0 Å². The van der Waals surface area contributed by atoms with Crippen LogP contribution in [0.25, 0.3) is 10.9 Å². The van der Waals surface area contributed by atoms with E-state index in [1.54, 1.807) is 28.8 Å². The van der Waals surface area contributed by atoms with Gasteiger partial charge in [-0.3, -0.25) is 14.2 Å². The largest absolute Gasteiger partial charge is 0.481 e. The molecule has 0 saturated carbocycles. The third-order valence-corrected chi connectivity index (χ3v) is 5.12. The molecule has 2 aromatic carbocycles. The Kier molecular flexibility index (Phi) is 3.85. The lowest BCUT2D eigenvalue weighted by molar-refractivity contribution is -0.139. The predicted molar refractivity (Wildman–Crippen MR) is 96.4 cm³/mol. The number of aromatic nitrogens is 1. The van der Waals surface area contributed by atoms with Crippen LogP contribution < -0.4 is 0 Å². The SMILES string of the molecule is O=C(O)C1CCCc2c1c1ccccc1n2C(=O)c1ccc(Cl)cc1. The molecule has 4 nitrogen and oxygen atoms in total. The molecule has 0 fully saturated rings. The van der Waals surface area contributed by atoms with Crippen molar-refractivity contribution in [2.24, 2.45) is 0 Å². The Morgan fingerprint density at radius 1 is 1.08 bits per heavy atom. The maximum atomic E-state index is 13.2. The van der Waals surface area contributed by atoms with E-state index in [0.29, 0.717) is 23.4 Å². The molecule has 0 radical (unpaired) electrons. The lowest BCUT2D eigenvalue weighted by Crippen LogP contribution is -2.21. The zero-order valence-corrected chi connectivity index (χ0v) is 14.2. The Hall–Kier alpha value is -2.59. The number of benzene rings is 2. The molecule has 1 N–H and O–H groups in total. The second kappa shape index (κ2) is 6.05. The maximum absolute atomic E-state index is 13.2. The predicted octanol–water partition coefficient (Wildman–Crippen LogP) is 4.49. The third-order valence-electron chi connectivity index (χ3n) is 4.86. The van der Waals surface area contributed by atoms with Crippen LogP contribution in [0.15, 0.2) is 48.5 Å². The zero-order valence-electron chi connectivity index (χ0n) is 13.4. The highest BCUT2D eigenvalue weighted by atomic mass is 35.5. The molecule has 3 aromatic rings. The van der Waals surface area contributed by atoms with Crippen molar-refractivity contribution in [2.45, 2.75) is 25.2 Å². The number of carbonyl (C=O) groups excluding carboxylic acids is 1. The summed E-state index contributed by atoms with van der Waals surface area (Å²) in [5.74, 6) is -1.55. The molecular formula is C20H16ClNO3. The minimum absolute atomic E-state index is 0.153. The van der Waals surface area contributed by atoms with Crippen LogP contribution in [0.2, 0.25) is 5.02 Å². The van der Waals surface area contributed by atoms with Crippen molar-refractivity contribution in [3.05, 3.63) is 70.4 Å². The molecule has 0 bridgehead atoms. The second-order valence-electron chi connectivity index (χ2n) is 6.31. The number of carboxylic acids is 1. The molecule has 0 amide bonds. The van der Waals surface area contributed by atoms with E-state index >= 15 is 0 Å².